The lowest BCUT2D eigenvalue weighted by molar-refractivity contribution is -0.115. The van der Waals surface area contributed by atoms with Crippen LogP contribution in [0.2, 0.25) is 0 Å². The molecule has 1 N–H and O–H groups in total. The number of carbonyl (C=O) groups excluding carboxylic acids is 1. The molecule has 18 heavy (non-hydrogen) atoms. The van der Waals surface area contributed by atoms with Crippen LogP contribution in [0.25, 0.3) is 0 Å². The second-order valence-corrected chi connectivity index (χ2v) is 5.43. The Balaban J connectivity index is 2.37. The van der Waals surface area contributed by atoms with Gasteiger partial charge in [-0.05, 0) is 36.8 Å². The molecule has 1 aromatic carbocycles. The van der Waals surface area contributed by atoms with Crippen LogP contribution in [0, 0.1) is 0 Å². The summed E-state index contributed by atoms with van der Waals surface area (Å²) in [5.41, 5.74) is 2.26. The Hall–Kier alpha value is -0.960. The van der Waals surface area contributed by atoms with Crippen molar-refractivity contribution in [1.29, 1.82) is 0 Å². The molecular formula is C15H23NOS. The lowest BCUT2D eigenvalue weighted by Gasteiger charge is -2.06. The third kappa shape index (κ3) is 6.10. The molecule has 0 aliphatic heterocycles. The molecule has 1 aromatic rings. The van der Waals surface area contributed by atoms with Crippen molar-refractivity contribution in [3.63, 3.8) is 0 Å². The molecule has 1 rings (SSSR count). The summed E-state index contributed by atoms with van der Waals surface area (Å²) < 4.78 is 0. The number of anilines is 1. The molecule has 0 spiro atoms. The highest BCUT2D eigenvalue weighted by Gasteiger charge is 2.01. The van der Waals surface area contributed by atoms with Gasteiger partial charge in [0.25, 0.3) is 0 Å². The highest BCUT2D eigenvalue weighted by atomic mass is 32.2. The van der Waals surface area contributed by atoms with Crippen LogP contribution < -0.4 is 5.32 Å². The molecule has 0 saturated heterocycles. The van der Waals surface area contributed by atoms with Crippen LogP contribution in [0.15, 0.2) is 24.3 Å². The standard InChI is InChI=1S/C15H23NOS/c1-3-4-5-6-13-7-9-14(10-8-13)16-15(17)11-12-18-2/h7-10H,3-6,11-12H2,1-2H3,(H,16,17). The molecule has 0 bridgehead atoms. The van der Waals surface area contributed by atoms with Crippen molar-refractivity contribution in [3.05, 3.63) is 29.8 Å². The first-order chi connectivity index (χ1) is 8.76. The third-order valence-corrected chi connectivity index (χ3v) is 3.45. The van der Waals surface area contributed by atoms with Crippen molar-refractivity contribution in [2.75, 3.05) is 17.3 Å². The molecule has 0 radical (unpaired) electrons. The van der Waals surface area contributed by atoms with Gasteiger partial charge in [0.1, 0.15) is 0 Å². The van der Waals surface area contributed by atoms with Gasteiger partial charge in [-0.3, -0.25) is 4.79 Å². The van der Waals surface area contributed by atoms with E-state index in [-0.39, 0.29) is 5.91 Å². The molecule has 1 amide bonds. The van der Waals surface area contributed by atoms with Crippen LogP contribution in [0.1, 0.15) is 38.2 Å². The Kier molecular flexibility index (Phi) is 7.58. The molecular weight excluding hydrogens is 242 g/mol. The zero-order chi connectivity index (χ0) is 13.2. The van der Waals surface area contributed by atoms with Crippen LogP contribution >= 0.6 is 11.8 Å². The molecule has 0 fully saturated rings. The maximum absolute atomic E-state index is 11.5. The topological polar surface area (TPSA) is 29.1 Å². The average Bonchev–Trinajstić information content (AvgIpc) is 2.39. The van der Waals surface area contributed by atoms with Gasteiger partial charge in [-0.15, -0.1) is 0 Å². The Morgan fingerprint density at radius 3 is 2.56 bits per heavy atom. The second kappa shape index (κ2) is 9.03. The molecule has 3 heteroatoms. The number of carbonyl (C=O) groups is 1. The Morgan fingerprint density at radius 2 is 1.94 bits per heavy atom. The van der Waals surface area contributed by atoms with E-state index in [0.29, 0.717) is 6.42 Å². The van der Waals surface area contributed by atoms with E-state index < -0.39 is 0 Å². The lowest BCUT2D eigenvalue weighted by atomic mass is 10.1. The first-order valence-corrected chi connectivity index (χ1v) is 8.03. The van der Waals surface area contributed by atoms with Gasteiger partial charge >= 0.3 is 0 Å². The molecule has 0 unspecified atom stereocenters. The number of unbranched alkanes of at least 4 members (excludes halogenated alkanes) is 2. The van der Waals surface area contributed by atoms with E-state index in [9.17, 15) is 4.79 Å². The van der Waals surface area contributed by atoms with E-state index >= 15 is 0 Å². The van der Waals surface area contributed by atoms with E-state index in [0.717, 1.165) is 17.9 Å². The van der Waals surface area contributed by atoms with Crippen LogP contribution in [-0.4, -0.2) is 17.9 Å². The van der Waals surface area contributed by atoms with Crippen LogP contribution in [0.3, 0.4) is 0 Å². The number of rotatable bonds is 8. The van der Waals surface area contributed by atoms with Gasteiger partial charge in [-0.25, -0.2) is 0 Å². The minimum Gasteiger partial charge on any atom is -0.326 e. The normalized spacial score (nSPS) is 10.3. The molecule has 0 saturated carbocycles. The number of hydrogen-bond acceptors (Lipinski definition) is 2. The number of amides is 1. The number of benzene rings is 1. The second-order valence-electron chi connectivity index (χ2n) is 4.45. The highest BCUT2D eigenvalue weighted by molar-refractivity contribution is 7.98. The third-order valence-electron chi connectivity index (χ3n) is 2.84. The summed E-state index contributed by atoms with van der Waals surface area (Å²) in [6, 6.07) is 8.22. The molecule has 0 aliphatic rings. The monoisotopic (exact) mass is 265 g/mol. The van der Waals surface area contributed by atoms with Crippen molar-refractivity contribution in [3.8, 4) is 0 Å². The largest absolute Gasteiger partial charge is 0.326 e. The van der Waals surface area contributed by atoms with Crippen molar-refractivity contribution in [2.24, 2.45) is 0 Å². The van der Waals surface area contributed by atoms with Gasteiger partial charge in [0.05, 0.1) is 0 Å². The molecule has 2 nitrogen and oxygen atoms in total. The van der Waals surface area contributed by atoms with Gasteiger partial charge < -0.3 is 5.32 Å². The summed E-state index contributed by atoms with van der Waals surface area (Å²) in [5.74, 6) is 0.976. The summed E-state index contributed by atoms with van der Waals surface area (Å²) in [5, 5.41) is 2.92. The number of aryl methyl sites for hydroxylation is 1. The zero-order valence-corrected chi connectivity index (χ0v) is 12.2. The molecule has 0 heterocycles. The first kappa shape index (κ1) is 15.1. The van der Waals surface area contributed by atoms with Crippen LogP contribution in [0.5, 0.6) is 0 Å². The van der Waals surface area contributed by atoms with Crippen molar-refractivity contribution in [2.45, 2.75) is 39.0 Å². The van der Waals surface area contributed by atoms with E-state index in [1.165, 1.54) is 24.8 Å². The van der Waals surface area contributed by atoms with Crippen molar-refractivity contribution < 1.29 is 4.79 Å². The minimum absolute atomic E-state index is 0.100. The van der Waals surface area contributed by atoms with Crippen molar-refractivity contribution in [1.82, 2.24) is 0 Å². The predicted octanol–water partition coefficient (Wildman–Crippen LogP) is 4.11. The first-order valence-electron chi connectivity index (χ1n) is 6.64. The summed E-state index contributed by atoms with van der Waals surface area (Å²) in [4.78, 5) is 11.5. The molecule has 0 aromatic heterocycles. The summed E-state index contributed by atoms with van der Waals surface area (Å²) in [7, 11) is 0. The minimum atomic E-state index is 0.100. The van der Waals surface area contributed by atoms with Gasteiger partial charge in [0.2, 0.25) is 5.91 Å². The van der Waals surface area contributed by atoms with E-state index in [4.69, 9.17) is 0 Å². The fraction of sp³-hybridized carbons (Fsp3) is 0.533. The molecule has 0 atom stereocenters. The van der Waals surface area contributed by atoms with Crippen LogP contribution in [0.4, 0.5) is 5.69 Å². The quantitative estimate of drug-likeness (QED) is 0.717. The fourth-order valence-corrected chi connectivity index (χ4v) is 2.14. The van der Waals surface area contributed by atoms with Gasteiger partial charge in [0.15, 0.2) is 0 Å². The van der Waals surface area contributed by atoms with Gasteiger partial charge in [-0.2, -0.15) is 11.8 Å². The van der Waals surface area contributed by atoms with E-state index in [1.807, 2.05) is 18.4 Å². The van der Waals surface area contributed by atoms with Crippen molar-refractivity contribution >= 4 is 23.4 Å². The molecule has 0 aliphatic carbocycles. The summed E-state index contributed by atoms with van der Waals surface area (Å²) in [6.45, 7) is 2.22. The van der Waals surface area contributed by atoms with Crippen LogP contribution in [-0.2, 0) is 11.2 Å². The number of thioether (sulfide) groups is 1. The fourth-order valence-electron chi connectivity index (χ4n) is 1.75. The smallest absolute Gasteiger partial charge is 0.225 e. The zero-order valence-electron chi connectivity index (χ0n) is 11.4. The van der Waals surface area contributed by atoms with Gasteiger partial charge in [0, 0.05) is 17.9 Å². The average molecular weight is 265 g/mol. The van der Waals surface area contributed by atoms with E-state index in [1.54, 1.807) is 11.8 Å². The summed E-state index contributed by atoms with van der Waals surface area (Å²) >= 11 is 1.69. The highest BCUT2D eigenvalue weighted by Crippen LogP contribution is 2.12. The summed E-state index contributed by atoms with van der Waals surface area (Å²) in [6.07, 6.45) is 7.51. The number of hydrogen-bond donors (Lipinski definition) is 1. The Morgan fingerprint density at radius 1 is 1.22 bits per heavy atom. The Bertz CT molecular complexity index is 348. The van der Waals surface area contributed by atoms with E-state index in [2.05, 4.69) is 24.4 Å². The number of nitrogens with one attached hydrogen (secondary N) is 1. The van der Waals surface area contributed by atoms with Gasteiger partial charge in [-0.1, -0.05) is 31.9 Å². The predicted molar refractivity (Wildman–Crippen MR) is 81.3 cm³/mol. The lowest BCUT2D eigenvalue weighted by Crippen LogP contribution is -2.11. The molecule has 100 valence electrons. The maximum Gasteiger partial charge on any atom is 0.225 e. The SMILES string of the molecule is CCCCCc1ccc(NC(=O)CCSC)cc1. The maximum atomic E-state index is 11.5. The Labute approximate surface area is 115 Å².